The number of carbonyl (C=O) groups is 1. The highest BCUT2D eigenvalue weighted by molar-refractivity contribution is 5.93. The van der Waals surface area contributed by atoms with E-state index >= 15 is 0 Å². The SMILES string of the molecule is CCc1c(C)ncnc1N1CCN(CC(=O)Nc2cc(C)ccc2C)CC1. The summed E-state index contributed by atoms with van der Waals surface area (Å²) >= 11 is 0. The zero-order chi connectivity index (χ0) is 19.4. The maximum Gasteiger partial charge on any atom is 0.238 e. The number of anilines is 2. The molecule has 1 saturated heterocycles. The van der Waals surface area contributed by atoms with Gasteiger partial charge in [-0.2, -0.15) is 0 Å². The summed E-state index contributed by atoms with van der Waals surface area (Å²) in [4.78, 5) is 25.8. The molecule has 0 saturated carbocycles. The normalized spacial score (nSPS) is 15.0. The molecule has 0 spiro atoms. The number of nitrogens with one attached hydrogen (secondary N) is 1. The molecular formula is C21H29N5O. The molecule has 3 rings (SSSR count). The molecule has 144 valence electrons. The lowest BCUT2D eigenvalue weighted by atomic mass is 10.1. The Morgan fingerprint density at radius 1 is 1.11 bits per heavy atom. The highest BCUT2D eigenvalue weighted by Gasteiger charge is 2.22. The quantitative estimate of drug-likeness (QED) is 0.880. The van der Waals surface area contributed by atoms with E-state index in [-0.39, 0.29) is 5.91 Å². The van der Waals surface area contributed by atoms with Gasteiger partial charge < -0.3 is 10.2 Å². The summed E-state index contributed by atoms with van der Waals surface area (Å²) in [6.07, 6.45) is 2.58. The fourth-order valence-electron chi connectivity index (χ4n) is 3.56. The van der Waals surface area contributed by atoms with Gasteiger partial charge in [0.05, 0.1) is 6.54 Å². The minimum atomic E-state index is 0.0456. The third-order valence-electron chi connectivity index (χ3n) is 5.20. The van der Waals surface area contributed by atoms with E-state index in [4.69, 9.17) is 0 Å². The molecule has 2 heterocycles. The van der Waals surface area contributed by atoms with Crippen molar-refractivity contribution in [3.8, 4) is 0 Å². The molecule has 2 aromatic rings. The van der Waals surface area contributed by atoms with E-state index in [9.17, 15) is 4.79 Å². The van der Waals surface area contributed by atoms with Gasteiger partial charge >= 0.3 is 0 Å². The van der Waals surface area contributed by atoms with E-state index in [1.54, 1.807) is 6.33 Å². The maximum absolute atomic E-state index is 12.5. The topological polar surface area (TPSA) is 61.4 Å². The third kappa shape index (κ3) is 4.63. The molecule has 1 fully saturated rings. The molecule has 1 aliphatic heterocycles. The zero-order valence-corrected chi connectivity index (χ0v) is 16.7. The van der Waals surface area contributed by atoms with Crippen LogP contribution in [0.2, 0.25) is 0 Å². The van der Waals surface area contributed by atoms with Gasteiger partial charge in [-0.25, -0.2) is 9.97 Å². The third-order valence-corrected chi connectivity index (χ3v) is 5.20. The fourth-order valence-corrected chi connectivity index (χ4v) is 3.56. The van der Waals surface area contributed by atoms with Gasteiger partial charge in [0.25, 0.3) is 0 Å². The van der Waals surface area contributed by atoms with Crippen LogP contribution in [-0.4, -0.2) is 53.5 Å². The largest absolute Gasteiger partial charge is 0.354 e. The minimum absolute atomic E-state index is 0.0456. The summed E-state index contributed by atoms with van der Waals surface area (Å²) < 4.78 is 0. The van der Waals surface area contributed by atoms with Gasteiger partial charge in [-0.05, 0) is 44.4 Å². The van der Waals surface area contributed by atoms with Crippen molar-refractivity contribution in [2.75, 3.05) is 42.9 Å². The monoisotopic (exact) mass is 367 g/mol. The Kier molecular flexibility index (Phi) is 6.06. The molecule has 0 radical (unpaired) electrons. The Bertz CT molecular complexity index is 812. The highest BCUT2D eigenvalue weighted by Crippen LogP contribution is 2.21. The Balaban J connectivity index is 1.56. The lowest BCUT2D eigenvalue weighted by molar-refractivity contribution is -0.117. The van der Waals surface area contributed by atoms with Crippen molar-refractivity contribution in [3.63, 3.8) is 0 Å². The van der Waals surface area contributed by atoms with Crippen LogP contribution in [0.15, 0.2) is 24.5 Å². The number of hydrogen-bond acceptors (Lipinski definition) is 5. The number of benzene rings is 1. The second kappa shape index (κ2) is 8.48. The van der Waals surface area contributed by atoms with Gasteiger partial charge in [0.2, 0.25) is 5.91 Å². The van der Waals surface area contributed by atoms with Crippen LogP contribution in [0.3, 0.4) is 0 Å². The molecule has 6 nitrogen and oxygen atoms in total. The standard InChI is InChI=1S/C21H29N5O/c1-5-18-17(4)22-14-23-21(18)26-10-8-25(9-11-26)13-20(27)24-19-12-15(2)6-7-16(19)3/h6-7,12,14H,5,8-11,13H2,1-4H3,(H,24,27). The second-order valence-electron chi connectivity index (χ2n) is 7.24. The highest BCUT2D eigenvalue weighted by atomic mass is 16.2. The van der Waals surface area contributed by atoms with Gasteiger partial charge in [-0.1, -0.05) is 19.1 Å². The molecule has 1 amide bonds. The predicted octanol–water partition coefficient (Wildman–Crippen LogP) is 2.72. The Morgan fingerprint density at radius 3 is 2.56 bits per heavy atom. The molecule has 0 bridgehead atoms. The van der Waals surface area contributed by atoms with Crippen molar-refractivity contribution in [2.24, 2.45) is 0 Å². The number of nitrogens with zero attached hydrogens (tertiary/aromatic N) is 4. The van der Waals surface area contributed by atoms with Crippen molar-refractivity contribution in [1.29, 1.82) is 0 Å². The number of aromatic nitrogens is 2. The van der Waals surface area contributed by atoms with Crippen LogP contribution in [0.1, 0.15) is 29.3 Å². The molecule has 27 heavy (non-hydrogen) atoms. The lowest BCUT2D eigenvalue weighted by Gasteiger charge is -2.36. The van der Waals surface area contributed by atoms with Crippen LogP contribution >= 0.6 is 0 Å². The predicted molar refractivity (Wildman–Crippen MR) is 109 cm³/mol. The molecule has 0 aliphatic carbocycles. The van der Waals surface area contributed by atoms with E-state index in [2.05, 4.69) is 38.1 Å². The molecule has 1 N–H and O–H groups in total. The molecule has 1 aromatic carbocycles. The Labute approximate surface area is 161 Å². The first-order valence-electron chi connectivity index (χ1n) is 9.62. The lowest BCUT2D eigenvalue weighted by Crippen LogP contribution is -2.49. The molecule has 1 aliphatic rings. The first kappa shape index (κ1) is 19.3. The van der Waals surface area contributed by atoms with Crippen LogP contribution in [0, 0.1) is 20.8 Å². The number of aryl methyl sites for hydroxylation is 3. The Morgan fingerprint density at radius 2 is 1.85 bits per heavy atom. The summed E-state index contributed by atoms with van der Waals surface area (Å²) in [6.45, 7) is 12.1. The fraction of sp³-hybridized carbons (Fsp3) is 0.476. The number of amides is 1. The summed E-state index contributed by atoms with van der Waals surface area (Å²) in [7, 11) is 0. The van der Waals surface area contributed by atoms with Crippen molar-refractivity contribution in [1.82, 2.24) is 14.9 Å². The Hall–Kier alpha value is -2.47. The number of rotatable bonds is 5. The van der Waals surface area contributed by atoms with E-state index in [0.29, 0.717) is 6.54 Å². The van der Waals surface area contributed by atoms with Gasteiger partial charge in [-0.15, -0.1) is 0 Å². The van der Waals surface area contributed by atoms with Crippen LogP contribution in [0.5, 0.6) is 0 Å². The summed E-state index contributed by atoms with van der Waals surface area (Å²) in [5, 5.41) is 3.05. The number of hydrogen-bond donors (Lipinski definition) is 1. The van der Waals surface area contributed by atoms with Crippen molar-refractivity contribution < 1.29 is 4.79 Å². The first-order chi connectivity index (χ1) is 13.0. The summed E-state index contributed by atoms with van der Waals surface area (Å²) in [5.74, 6) is 1.09. The molecule has 1 aromatic heterocycles. The van der Waals surface area contributed by atoms with Crippen molar-refractivity contribution in [3.05, 3.63) is 46.9 Å². The minimum Gasteiger partial charge on any atom is -0.354 e. The van der Waals surface area contributed by atoms with Gasteiger partial charge in [0.15, 0.2) is 0 Å². The average molecular weight is 367 g/mol. The van der Waals surface area contributed by atoms with Crippen LogP contribution in [-0.2, 0) is 11.2 Å². The maximum atomic E-state index is 12.5. The summed E-state index contributed by atoms with van der Waals surface area (Å²) in [6, 6.07) is 6.12. The van der Waals surface area contributed by atoms with Crippen molar-refractivity contribution >= 4 is 17.4 Å². The van der Waals surface area contributed by atoms with Crippen LogP contribution in [0.25, 0.3) is 0 Å². The van der Waals surface area contributed by atoms with Crippen LogP contribution < -0.4 is 10.2 Å². The molecule has 0 atom stereocenters. The first-order valence-corrected chi connectivity index (χ1v) is 9.62. The molecule has 0 unspecified atom stereocenters. The molecular weight excluding hydrogens is 338 g/mol. The number of carbonyl (C=O) groups excluding carboxylic acids is 1. The van der Waals surface area contributed by atoms with Gasteiger partial charge in [0, 0.05) is 43.1 Å². The van der Waals surface area contributed by atoms with E-state index in [1.165, 1.54) is 5.56 Å². The van der Waals surface area contributed by atoms with Crippen LogP contribution in [0.4, 0.5) is 11.5 Å². The van der Waals surface area contributed by atoms with E-state index in [1.807, 2.05) is 32.9 Å². The van der Waals surface area contributed by atoms with E-state index < -0.39 is 0 Å². The van der Waals surface area contributed by atoms with Gasteiger partial charge in [-0.3, -0.25) is 9.69 Å². The molecule has 6 heteroatoms. The summed E-state index contributed by atoms with van der Waals surface area (Å²) in [5.41, 5.74) is 5.42. The average Bonchev–Trinajstić information content (AvgIpc) is 2.65. The smallest absolute Gasteiger partial charge is 0.238 e. The van der Waals surface area contributed by atoms with Crippen molar-refractivity contribution in [2.45, 2.75) is 34.1 Å². The van der Waals surface area contributed by atoms with E-state index in [0.717, 1.165) is 60.9 Å². The zero-order valence-electron chi connectivity index (χ0n) is 16.7. The number of piperazine rings is 1. The van der Waals surface area contributed by atoms with Gasteiger partial charge in [0.1, 0.15) is 12.1 Å². The second-order valence-corrected chi connectivity index (χ2v) is 7.24.